The maximum absolute atomic E-state index is 9.36. The molecule has 1 aromatic carbocycles. The fraction of sp³-hybridized carbons (Fsp3) is 0.222. The van der Waals surface area contributed by atoms with E-state index in [-0.39, 0.29) is 5.75 Å². The van der Waals surface area contributed by atoms with Gasteiger partial charge in [-0.3, -0.25) is 0 Å². The molecular formula is C9H11NO3. The van der Waals surface area contributed by atoms with E-state index in [0.717, 1.165) is 5.56 Å². The van der Waals surface area contributed by atoms with Crippen molar-refractivity contribution in [2.75, 3.05) is 7.11 Å². The molecule has 4 nitrogen and oxygen atoms in total. The third kappa shape index (κ3) is 2.37. The lowest BCUT2D eigenvalue weighted by Gasteiger charge is -2.03. The SMILES string of the molecule is COc1ccc(CC=NO)cc1O. The number of aromatic hydroxyl groups is 1. The maximum atomic E-state index is 9.36. The summed E-state index contributed by atoms with van der Waals surface area (Å²) in [6.07, 6.45) is 1.83. The minimum Gasteiger partial charge on any atom is -0.504 e. The van der Waals surface area contributed by atoms with Gasteiger partial charge in [0.25, 0.3) is 0 Å². The molecule has 70 valence electrons. The normalized spacial score (nSPS) is 10.5. The summed E-state index contributed by atoms with van der Waals surface area (Å²) in [6, 6.07) is 5.02. The number of hydrogen-bond acceptors (Lipinski definition) is 4. The Kier molecular flexibility index (Phi) is 3.14. The van der Waals surface area contributed by atoms with Crippen molar-refractivity contribution in [3.05, 3.63) is 23.8 Å². The van der Waals surface area contributed by atoms with E-state index >= 15 is 0 Å². The van der Waals surface area contributed by atoms with Crippen LogP contribution in [0, 0.1) is 0 Å². The second-order valence-corrected chi connectivity index (χ2v) is 2.51. The lowest BCUT2D eigenvalue weighted by atomic mass is 10.1. The van der Waals surface area contributed by atoms with Gasteiger partial charge < -0.3 is 15.1 Å². The predicted molar refractivity (Wildman–Crippen MR) is 48.6 cm³/mol. The summed E-state index contributed by atoms with van der Waals surface area (Å²) >= 11 is 0. The summed E-state index contributed by atoms with van der Waals surface area (Å²) in [6.45, 7) is 0. The molecule has 4 heteroatoms. The van der Waals surface area contributed by atoms with Crippen LogP contribution in [0.15, 0.2) is 23.4 Å². The van der Waals surface area contributed by atoms with Crippen molar-refractivity contribution in [2.45, 2.75) is 6.42 Å². The molecule has 0 saturated heterocycles. The maximum Gasteiger partial charge on any atom is 0.160 e. The highest BCUT2D eigenvalue weighted by Gasteiger charge is 2.00. The summed E-state index contributed by atoms with van der Waals surface area (Å²) in [5, 5.41) is 20.4. The van der Waals surface area contributed by atoms with Crippen LogP contribution in [0.4, 0.5) is 0 Å². The topological polar surface area (TPSA) is 62.0 Å². The summed E-state index contributed by atoms with van der Waals surface area (Å²) in [5.74, 6) is 0.524. The smallest absolute Gasteiger partial charge is 0.160 e. The molecule has 1 aromatic rings. The monoisotopic (exact) mass is 181 g/mol. The molecule has 1 rings (SSSR count). The minimum atomic E-state index is 0.0892. The van der Waals surface area contributed by atoms with E-state index in [0.29, 0.717) is 12.2 Å². The van der Waals surface area contributed by atoms with Crippen LogP contribution in [0.1, 0.15) is 5.56 Å². The first-order valence-electron chi connectivity index (χ1n) is 3.79. The van der Waals surface area contributed by atoms with Gasteiger partial charge in [-0.1, -0.05) is 6.07 Å². The van der Waals surface area contributed by atoms with Gasteiger partial charge in [-0.05, 0) is 17.7 Å². The largest absolute Gasteiger partial charge is 0.504 e. The Balaban J connectivity index is 2.83. The van der Waals surface area contributed by atoms with Gasteiger partial charge in [0.1, 0.15) is 0 Å². The lowest BCUT2D eigenvalue weighted by molar-refractivity contribution is 0.320. The van der Waals surface area contributed by atoms with Crippen molar-refractivity contribution in [1.29, 1.82) is 0 Å². The third-order valence-electron chi connectivity index (χ3n) is 1.65. The van der Waals surface area contributed by atoms with E-state index < -0.39 is 0 Å². The van der Waals surface area contributed by atoms with Crippen molar-refractivity contribution in [2.24, 2.45) is 5.16 Å². The summed E-state index contributed by atoms with van der Waals surface area (Å²) < 4.78 is 4.87. The van der Waals surface area contributed by atoms with Gasteiger partial charge in [-0.25, -0.2) is 0 Å². The molecule has 0 spiro atoms. The molecule has 0 unspecified atom stereocenters. The van der Waals surface area contributed by atoms with Gasteiger partial charge in [0.2, 0.25) is 0 Å². The second kappa shape index (κ2) is 4.35. The average Bonchev–Trinajstić information content (AvgIpc) is 2.15. The van der Waals surface area contributed by atoms with Gasteiger partial charge >= 0.3 is 0 Å². The Hall–Kier alpha value is -1.71. The molecule has 0 aromatic heterocycles. The molecule has 0 saturated carbocycles. The fourth-order valence-electron chi connectivity index (χ4n) is 1.01. The van der Waals surface area contributed by atoms with E-state index in [1.807, 2.05) is 0 Å². The fourth-order valence-corrected chi connectivity index (χ4v) is 1.01. The van der Waals surface area contributed by atoms with E-state index in [9.17, 15) is 5.11 Å². The highest BCUT2D eigenvalue weighted by molar-refractivity contribution is 5.61. The van der Waals surface area contributed by atoms with E-state index in [1.54, 1.807) is 18.2 Å². The van der Waals surface area contributed by atoms with Crippen LogP contribution in [-0.2, 0) is 6.42 Å². The molecule has 0 bridgehead atoms. The van der Waals surface area contributed by atoms with E-state index in [2.05, 4.69) is 5.16 Å². The summed E-state index contributed by atoms with van der Waals surface area (Å²) in [4.78, 5) is 0. The Bertz CT molecular complexity index is 310. The van der Waals surface area contributed by atoms with Gasteiger partial charge in [0, 0.05) is 12.6 Å². The molecule has 0 aliphatic rings. The molecule has 2 N–H and O–H groups in total. The predicted octanol–water partition coefficient (Wildman–Crippen LogP) is 1.40. The number of phenols is 1. The summed E-state index contributed by atoms with van der Waals surface area (Å²) in [5.41, 5.74) is 0.858. The van der Waals surface area contributed by atoms with Crippen LogP contribution in [0.5, 0.6) is 11.5 Å². The number of phenolic OH excluding ortho intramolecular Hbond substituents is 1. The first-order valence-corrected chi connectivity index (χ1v) is 3.79. The molecule has 0 atom stereocenters. The van der Waals surface area contributed by atoms with Crippen molar-refractivity contribution < 1.29 is 15.1 Å². The number of nitrogens with zero attached hydrogens (tertiary/aromatic N) is 1. The second-order valence-electron chi connectivity index (χ2n) is 2.51. The third-order valence-corrected chi connectivity index (χ3v) is 1.65. The zero-order valence-electron chi connectivity index (χ0n) is 7.27. The first-order chi connectivity index (χ1) is 6.27. The van der Waals surface area contributed by atoms with Crippen LogP contribution in [-0.4, -0.2) is 23.6 Å². The van der Waals surface area contributed by atoms with Gasteiger partial charge in [0.05, 0.1) is 7.11 Å². The van der Waals surface area contributed by atoms with Crippen LogP contribution >= 0.6 is 0 Å². The van der Waals surface area contributed by atoms with Crippen molar-refractivity contribution in [1.82, 2.24) is 0 Å². The van der Waals surface area contributed by atoms with E-state index in [4.69, 9.17) is 9.94 Å². The van der Waals surface area contributed by atoms with Gasteiger partial charge in [-0.2, -0.15) is 0 Å². The molecule has 0 heterocycles. The molecule has 0 aliphatic heterocycles. The highest BCUT2D eigenvalue weighted by Crippen LogP contribution is 2.25. The summed E-state index contributed by atoms with van der Waals surface area (Å²) in [7, 11) is 1.49. The molecule has 13 heavy (non-hydrogen) atoms. The minimum absolute atomic E-state index is 0.0892. The van der Waals surface area contributed by atoms with E-state index in [1.165, 1.54) is 13.3 Å². The Morgan fingerprint density at radius 2 is 2.31 bits per heavy atom. The number of methoxy groups -OCH3 is 1. The molecular weight excluding hydrogens is 170 g/mol. The number of rotatable bonds is 3. The average molecular weight is 181 g/mol. The number of oxime groups is 1. The standard InChI is InChI=1S/C9H11NO3/c1-13-9-3-2-7(4-5-10-12)6-8(9)11/h2-3,5-6,11-12H,4H2,1H3. The number of benzene rings is 1. The Morgan fingerprint density at radius 1 is 1.54 bits per heavy atom. The Labute approximate surface area is 76.1 Å². The number of hydrogen-bond donors (Lipinski definition) is 2. The van der Waals surface area contributed by atoms with Crippen LogP contribution < -0.4 is 4.74 Å². The van der Waals surface area contributed by atoms with Crippen molar-refractivity contribution in [3.63, 3.8) is 0 Å². The Morgan fingerprint density at radius 3 is 2.85 bits per heavy atom. The van der Waals surface area contributed by atoms with Crippen molar-refractivity contribution >= 4 is 6.21 Å². The molecule has 0 radical (unpaired) electrons. The molecule has 0 fully saturated rings. The van der Waals surface area contributed by atoms with Gasteiger partial charge in [-0.15, -0.1) is 5.16 Å². The lowest BCUT2D eigenvalue weighted by Crippen LogP contribution is -1.88. The van der Waals surface area contributed by atoms with Gasteiger partial charge in [0.15, 0.2) is 11.5 Å². The zero-order valence-corrected chi connectivity index (χ0v) is 7.27. The van der Waals surface area contributed by atoms with Crippen molar-refractivity contribution in [3.8, 4) is 11.5 Å². The quantitative estimate of drug-likeness (QED) is 0.421. The van der Waals surface area contributed by atoms with Crippen LogP contribution in [0.3, 0.4) is 0 Å². The first kappa shape index (κ1) is 9.38. The highest BCUT2D eigenvalue weighted by atomic mass is 16.5. The molecule has 0 amide bonds. The zero-order chi connectivity index (χ0) is 9.68. The molecule has 0 aliphatic carbocycles. The van der Waals surface area contributed by atoms with Crippen LogP contribution in [0.25, 0.3) is 0 Å². The number of ether oxygens (including phenoxy) is 1. The van der Waals surface area contributed by atoms with Crippen LogP contribution in [0.2, 0.25) is 0 Å².